The lowest BCUT2D eigenvalue weighted by molar-refractivity contribution is 0.0697. The van der Waals surface area contributed by atoms with Gasteiger partial charge in [0.25, 0.3) is 10.1 Å². The van der Waals surface area contributed by atoms with Gasteiger partial charge in [-0.3, -0.25) is 15.2 Å². The molecule has 0 aliphatic heterocycles. The lowest BCUT2D eigenvalue weighted by atomic mass is 10.2. The van der Waals surface area contributed by atoms with Crippen molar-refractivity contribution in [2.24, 2.45) is 0 Å². The van der Waals surface area contributed by atoms with Crippen molar-refractivity contribution in [3.05, 3.63) is 23.8 Å². The first-order valence-corrected chi connectivity index (χ1v) is 5.05. The van der Waals surface area contributed by atoms with Gasteiger partial charge < -0.3 is 5.11 Å². The van der Waals surface area contributed by atoms with Crippen molar-refractivity contribution in [1.82, 2.24) is 0 Å². The summed E-state index contributed by atoms with van der Waals surface area (Å²) in [6.45, 7) is 0. The van der Waals surface area contributed by atoms with Gasteiger partial charge in [0.1, 0.15) is 0 Å². The maximum Gasteiger partial charge on any atom is 0.337 e. The van der Waals surface area contributed by atoms with Crippen molar-refractivity contribution in [3.8, 4) is 0 Å². The van der Waals surface area contributed by atoms with E-state index in [9.17, 15) is 13.2 Å². The second-order valence-electron chi connectivity index (χ2n) is 2.60. The second kappa shape index (κ2) is 3.85. The van der Waals surface area contributed by atoms with E-state index in [0.717, 1.165) is 18.2 Å². The Bertz CT molecular complexity index is 494. The zero-order valence-electron chi connectivity index (χ0n) is 7.21. The summed E-state index contributed by atoms with van der Waals surface area (Å²) < 4.78 is 30.0. The van der Waals surface area contributed by atoms with E-state index in [-0.39, 0.29) is 11.3 Å². The van der Waals surface area contributed by atoms with Gasteiger partial charge in [0.05, 0.1) is 16.1 Å². The Labute approximate surface area is 84.7 Å². The third kappa shape index (κ3) is 2.43. The van der Waals surface area contributed by atoms with Crippen LogP contribution in [0.1, 0.15) is 10.4 Å². The maximum absolute atomic E-state index is 10.7. The van der Waals surface area contributed by atoms with Gasteiger partial charge in [-0.15, -0.1) is 0 Å². The zero-order valence-corrected chi connectivity index (χ0v) is 8.02. The first kappa shape index (κ1) is 11.4. The van der Waals surface area contributed by atoms with E-state index in [1.165, 1.54) is 5.48 Å². The molecule has 0 aromatic heterocycles. The molecule has 1 rings (SSSR count). The van der Waals surface area contributed by atoms with Crippen LogP contribution in [0.2, 0.25) is 0 Å². The molecule has 0 amide bonds. The van der Waals surface area contributed by atoms with Gasteiger partial charge in [-0.1, -0.05) is 0 Å². The summed E-state index contributed by atoms with van der Waals surface area (Å²) in [5, 5.41) is 17.2. The van der Waals surface area contributed by atoms with Crippen molar-refractivity contribution in [3.63, 3.8) is 0 Å². The summed E-state index contributed by atoms with van der Waals surface area (Å²) in [7, 11) is -4.42. The number of carbonyl (C=O) groups is 1. The van der Waals surface area contributed by atoms with E-state index in [1.807, 2.05) is 0 Å². The van der Waals surface area contributed by atoms with Crippen LogP contribution >= 0.6 is 0 Å². The van der Waals surface area contributed by atoms with Crippen molar-refractivity contribution < 1.29 is 28.1 Å². The summed E-state index contributed by atoms with van der Waals surface area (Å²) in [5.41, 5.74) is 0.896. The number of anilines is 1. The smallest absolute Gasteiger partial charge is 0.337 e. The lowest BCUT2D eigenvalue weighted by Crippen LogP contribution is -2.06. The summed E-state index contributed by atoms with van der Waals surface area (Å²) in [5.74, 6) is -1.34. The summed E-state index contributed by atoms with van der Waals surface area (Å²) >= 11 is 0. The van der Waals surface area contributed by atoms with Crippen LogP contribution in [0.3, 0.4) is 0 Å². The molecular formula is C7H7NO6S. The molecule has 0 radical (unpaired) electrons. The Morgan fingerprint density at radius 1 is 1.33 bits per heavy atom. The topological polar surface area (TPSA) is 124 Å². The number of nitrogens with one attached hydrogen (secondary N) is 1. The molecule has 0 fully saturated rings. The van der Waals surface area contributed by atoms with Gasteiger partial charge in [-0.05, 0) is 18.2 Å². The van der Waals surface area contributed by atoms with Crippen molar-refractivity contribution in [1.29, 1.82) is 0 Å². The van der Waals surface area contributed by atoms with Crippen molar-refractivity contribution >= 4 is 21.8 Å². The highest BCUT2D eigenvalue weighted by atomic mass is 32.2. The van der Waals surface area contributed by atoms with E-state index in [2.05, 4.69) is 0 Å². The van der Waals surface area contributed by atoms with Crippen LogP contribution in [-0.2, 0) is 10.1 Å². The maximum atomic E-state index is 10.7. The third-order valence-corrected chi connectivity index (χ3v) is 2.49. The molecule has 1 aromatic carbocycles. The Morgan fingerprint density at radius 3 is 2.33 bits per heavy atom. The zero-order chi connectivity index (χ0) is 11.6. The highest BCUT2D eigenvalue weighted by Gasteiger charge is 2.15. The van der Waals surface area contributed by atoms with Crippen molar-refractivity contribution in [2.75, 3.05) is 5.48 Å². The molecule has 0 aliphatic carbocycles. The van der Waals surface area contributed by atoms with E-state index < -0.39 is 21.0 Å². The third-order valence-electron chi connectivity index (χ3n) is 1.64. The van der Waals surface area contributed by atoms with Crippen LogP contribution in [0.4, 0.5) is 5.69 Å². The minimum absolute atomic E-state index is 0.315. The number of hydrogen-bond acceptors (Lipinski definition) is 5. The number of hydrogen-bond donors (Lipinski definition) is 4. The predicted octanol–water partition coefficient (Wildman–Crippen LogP) is 0.433. The highest BCUT2D eigenvalue weighted by molar-refractivity contribution is 7.85. The average molecular weight is 233 g/mol. The molecule has 15 heavy (non-hydrogen) atoms. The minimum atomic E-state index is -4.42. The Balaban J connectivity index is 3.38. The molecule has 0 saturated heterocycles. The number of aromatic carboxylic acids is 1. The molecular weight excluding hydrogens is 226 g/mol. The molecule has 0 heterocycles. The van der Waals surface area contributed by atoms with Crippen molar-refractivity contribution in [2.45, 2.75) is 4.90 Å². The molecule has 8 heteroatoms. The number of rotatable bonds is 3. The van der Waals surface area contributed by atoms with Gasteiger partial charge in [-0.2, -0.15) is 8.42 Å². The van der Waals surface area contributed by atoms with E-state index in [1.54, 1.807) is 0 Å². The summed E-state index contributed by atoms with van der Waals surface area (Å²) in [4.78, 5) is 10.1. The molecule has 4 N–H and O–H groups in total. The molecule has 82 valence electrons. The van der Waals surface area contributed by atoms with Crippen LogP contribution in [0, 0.1) is 0 Å². The normalized spacial score (nSPS) is 11.1. The van der Waals surface area contributed by atoms with E-state index in [0.29, 0.717) is 0 Å². The van der Waals surface area contributed by atoms with Gasteiger partial charge >= 0.3 is 5.97 Å². The van der Waals surface area contributed by atoms with E-state index >= 15 is 0 Å². The molecule has 0 aliphatic rings. The largest absolute Gasteiger partial charge is 0.478 e. The van der Waals surface area contributed by atoms with E-state index in [4.69, 9.17) is 14.9 Å². The fourth-order valence-corrected chi connectivity index (χ4v) is 1.47. The summed E-state index contributed by atoms with van der Waals surface area (Å²) in [6.07, 6.45) is 0. The number of benzene rings is 1. The quantitative estimate of drug-likeness (QED) is 0.440. The molecule has 0 saturated carbocycles. The van der Waals surface area contributed by atoms with Gasteiger partial charge in [0.2, 0.25) is 0 Å². The summed E-state index contributed by atoms with van der Waals surface area (Å²) in [6, 6.07) is 2.67. The SMILES string of the molecule is O=C(O)c1ccc(S(=O)(=O)O)cc1NO. The predicted molar refractivity (Wildman–Crippen MR) is 48.6 cm³/mol. The van der Waals surface area contributed by atoms with Gasteiger partial charge in [0.15, 0.2) is 0 Å². The highest BCUT2D eigenvalue weighted by Crippen LogP contribution is 2.20. The molecule has 0 unspecified atom stereocenters. The van der Waals surface area contributed by atoms with Gasteiger partial charge in [0, 0.05) is 0 Å². The molecule has 0 bridgehead atoms. The molecule has 0 spiro atoms. The Kier molecular flexibility index (Phi) is 2.93. The Morgan fingerprint density at radius 2 is 1.93 bits per heavy atom. The van der Waals surface area contributed by atoms with Crippen LogP contribution < -0.4 is 5.48 Å². The fourth-order valence-electron chi connectivity index (χ4n) is 0.963. The first-order chi connectivity index (χ1) is 6.86. The first-order valence-electron chi connectivity index (χ1n) is 3.61. The lowest BCUT2D eigenvalue weighted by Gasteiger charge is -2.05. The molecule has 0 atom stereocenters. The Hall–Kier alpha value is -1.64. The van der Waals surface area contributed by atoms with Gasteiger partial charge in [-0.25, -0.2) is 4.79 Å². The molecule has 1 aromatic rings. The monoisotopic (exact) mass is 233 g/mol. The number of carboxylic acids is 1. The van der Waals surface area contributed by atoms with Crippen LogP contribution in [0.15, 0.2) is 23.1 Å². The second-order valence-corrected chi connectivity index (χ2v) is 4.02. The standard InChI is InChI=1S/C7H7NO6S/c9-7(10)5-2-1-4(15(12,13)14)3-6(5)8-11/h1-3,8,11H,(H,9,10)(H,12,13,14). The minimum Gasteiger partial charge on any atom is -0.478 e. The average Bonchev–Trinajstić information content (AvgIpc) is 2.15. The fraction of sp³-hybridized carbons (Fsp3) is 0. The molecule has 7 nitrogen and oxygen atoms in total. The van der Waals surface area contributed by atoms with Crippen LogP contribution in [-0.4, -0.2) is 29.3 Å². The number of carboxylic acid groups (broad SMARTS) is 1. The van der Waals surface area contributed by atoms with Crippen LogP contribution in [0.5, 0.6) is 0 Å². The van der Waals surface area contributed by atoms with Crippen LogP contribution in [0.25, 0.3) is 0 Å².